The Hall–Kier alpha value is -0.980. The molecule has 0 atom stereocenters. The lowest BCUT2D eigenvalue weighted by atomic mass is 10.1. The van der Waals surface area contributed by atoms with Crippen LogP contribution in [-0.4, -0.2) is 6.54 Å². The Morgan fingerprint density at radius 3 is 2.47 bits per heavy atom. The smallest absolute Gasteiger partial charge is 0.0115 e. The topological polar surface area (TPSA) is 12.0 Å². The van der Waals surface area contributed by atoms with Crippen molar-refractivity contribution in [2.75, 3.05) is 6.54 Å². The fraction of sp³-hybridized carbons (Fsp3) is 0.571. The Balaban J connectivity index is 4.00. The van der Waals surface area contributed by atoms with Crippen molar-refractivity contribution in [1.82, 2.24) is 5.32 Å². The Morgan fingerprint density at radius 2 is 1.93 bits per heavy atom. The van der Waals surface area contributed by atoms with Gasteiger partial charge in [0, 0.05) is 18.7 Å². The summed E-state index contributed by atoms with van der Waals surface area (Å²) in [4.78, 5) is 0. The van der Waals surface area contributed by atoms with Gasteiger partial charge < -0.3 is 5.32 Å². The van der Waals surface area contributed by atoms with E-state index in [1.807, 2.05) is 0 Å². The van der Waals surface area contributed by atoms with Crippen LogP contribution in [-0.2, 0) is 0 Å². The Morgan fingerprint density at radius 1 is 1.20 bits per heavy atom. The van der Waals surface area contributed by atoms with E-state index in [9.17, 15) is 0 Å². The van der Waals surface area contributed by atoms with Crippen LogP contribution >= 0.6 is 0 Å². The predicted octanol–water partition coefficient (Wildman–Crippen LogP) is 4.19. The fourth-order valence-electron chi connectivity index (χ4n) is 1.43. The SMILES string of the molecule is C=C(CC(=CC/C=C\CC)CC)NCC. The van der Waals surface area contributed by atoms with Crippen LogP contribution in [0.4, 0.5) is 0 Å². The summed E-state index contributed by atoms with van der Waals surface area (Å²) in [6.07, 6.45) is 11.0. The van der Waals surface area contributed by atoms with E-state index in [0.29, 0.717) is 0 Å². The maximum absolute atomic E-state index is 4.01. The molecule has 1 nitrogen and oxygen atoms in total. The van der Waals surface area contributed by atoms with E-state index in [-0.39, 0.29) is 0 Å². The van der Waals surface area contributed by atoms with Crippen LogP contribution in [0.5, 0.6) is 0 Å². The molecule has 0 fully saturated rings. The maximum Gasteiger partial charge on any atom is 0.0115 e. The van der Waals surface area contributed by atoms with Crippen LogP contribution < -0.4 is 5.32 Å². The van der Waals surface area contributed by atoms with Gasteiger partial charge in [0.25, 0.3) is 0 Å². The van der Waals surface area contributed by atoms with Gasteiger partial charge in [0.2, 0.25) is 0 Å². The minimum atomic E-state index is 0.964. The van der Waals surface area contributed by atoms with E-state index in [1.54, 1.807) is 0 Å². The third-order valence-corrected chi connectivity index (χ3v) is 2.27. The Bertz CT molecular complexity index is 223. The number of allylic oxidation sites excluding steroid dienone is 4. The highest BCUT2D eigenvalue weighted by molar-refractivity contribution is 5.12. The number of hydrogen-bond donors (Lipinski definition) is 1. The minimum Gasteiger partial charge on any atom is -0.389 e. The van der Waals surface area contributed by atoms with Crippen LogP contribution in [0.15, 0.2) is 36.1 Å². The predicted molar refractivity (Wildman–Crippen MR) is 69.9 cm³/mol. The van der Waals surface area contributed by atoms with E-state index >= 15 is 0 Å². The molecule has 0 saturated heterocycles. The molecule has 0 aliphatic heterocycles. The minimum absolute atomic E-state index is 0.964. The highest BCUT2D eigenvalue weighted by Crippen LogP contribution is 2.12. The van der Waals surface area contributed by atoms with Gasteiger partial charge in [0.15, 0.2) is 0 Å². The third-order valence-electron chi connectivity index (χ3n) is 2.27. The zero-order valence-electron chi connectivity index (χ0n) is 10.5. The molecule has 0 unspecified atom stereocenters. The van der Waals surface area contributed by atoms with Crippen molar-refractivity contribution in [3.05, 3.63) is 36.1 Å². The average molecular weight is 207 g/mol. The number of nitrogens with one attached hydrogen (secondary N) is 1. The zero-order chi connectivity index (χ0) is 11.5. The molecule has 0 aliphatic carbocycles. The van der Waals surface area contributed by atoms with Crippen molar-refractivity contribution in [3.63, 3.8) is 0 Å². The first kappa shape index (κ1) is 14.0. The molecular formula is C14H25N. The molecule has 1 N–H and O–H groups in total. The Labute approximate surface area is 95.0 Å². The molecular weight excluding hydrogens is 182 g/mol. The van der Waals surface area contributed by atoms with Crippen molar-refractivity contribution in [1.29, 1.82) is 0 Å². The second-order valence-corrected chi connectivity index (χ2v) is 3.64. The molecule has 0 aromatic rings. The molecule has 0 amide bonds. The van der Waals surface area contributed by atoms with E-state index in [0.717, 1.165) is 37.9 Å². The van der Waals surface area contributed by atoms with Gasteiger partial charge in [0.05, 0.1) is 0 Å². The quantitative estimate of drug-likeness (QED) is 0.588. The lowest BCUT2D eigenvalue weighted by molar-refractivity contribution is 0.805. The molecule has 0 aromatic carbocycles. The van der Waals surface area contributed by atoms with Crippen LogP contribution in [0.25, 0.3) is 0 Å². The monoisotopic (exact) mass is 207 g/mol. The Kier molecular flexibility index (Phi) is 8.95. The summed E-state index contributed by atoms with van der Waals surface area (Å²) in [5, 5.41) is 3.26. The van der Waals surface area contributed by atoms with Gasteiger partial charge in [-0.05, 0) is 26.2 Å². The molecule has 15 heavy (non-hydrogen) atoms. The first-order chi connectivity index (χ1) is 7.24. The first-order valence-electron chi connectivity index (χ1n) is 5.99. The largest absolute Gasteiger partial charge is 0.389 e. The third kappa shape index (κ3) is 8.04. The summed E-state index contributed by atoms with van der Waals surface area (Å²) in [5.41, 5.74) is 2.60. The van der Waals surface area contributed by atoms with Gasteiger partial charge in [-0.1, -0.05) is 44.2 Å². The molecule has 0 rings (SSSR count). The highest BCUT2D eigenvalue weighted by atomic mass is 14.9. The summed E-state index contributed by atoms with van der Waals surface area (Å²) >= 11 is 0. The van der Waals surface area contributed by atoms with Crippen molar-refractivity contribution in [2.24, 2.45) is 0 Å². The summed E-state index contributed by atoms with van der Waals surface area (Å²) in [5.74, 6) is 0. The van der Waals surface area contributed by atoms with Crippen LogP contribution in [0.3, 0.4) is 0 Å². The van der Waals surface area contributed by atoms with E-state index in [2.05, 4.69) is 50.9 Å². The molecule has 0 aliphatic rings. The molecule has 1 heteroatoms. The summed E-state index contributed by atoms with van der Waals surface area (Å²) in [7, 11) is 0. The molecule has 0 aromatic heterocycles. The fourth-order valence-corrected chi connectivity index (χ4v) is 1.43. The van der Waals surface area contributed by atoms with Crippen molar-refractivity contribution in [2.45, 2.75) is 46.5 Å². The standard InChI is InChI=1S/C14H25N/c1-5-8-9-10-11-14(6-2)12-13(4)15-7-3/h8-9,11,15H,4-7,10,12H2,1-3H3/b9-8-,14-11?. The van der Waals surface area contributed by atoms with Crippen LogP contribution in [0.2, 0.25) is 0 Å². The van der Waals surface area contributed by atoms with Gasteiger partial charge in [0.1, 0.15) is 0 Å². The van der Waals surface area contributed by atoms with Crippen molar-refractivity contribution >= 4 is 0 Å². The number of rotatable bonds is 8. The lowest BCUT2D eigenvalue weighted by Crippen LogP contribution is -2.11. The van der Waals surface area contributed by atoms with Gasteiger partial charge in [-0.2, -0.15) is 0 Å². The van der Waals surface area contributed by atoms with Crippen molar-refractivity contribution in [3.8, 4) is 0 Å². The molecule has 0 heterocycles. The molecule has 0 spiro atoms. The maximum atomic E-state index is 4.01. The second kappa shape index (κ2) is 9.57. The molecule has 86 valence electrons. The average Bonchev–Trinajstić information content (AvgIpc) is 2.23. The summed E-state index contributed by atoms with van der Waals surface area (Å²) in [6.45, 7) is 11.4. The van der Waals surface area contributed by atoms with Crippen LogP contribution in [0, 0.1) is 0 Å². The van der Waals surface area contributed by atoms with Crippen LogP contribution in [0.1, 0.15) is 46.5 Å². The van der Waals surface area contributed by atoms with Gasteiger partial charge in [-0.15, -0.1) is 0 Å². The molecule has 0 radical (unpaired) electrons. The first-order valence-corrected chi connectivity index (χ1v) is 5.99. The summed E-state index contributed by atoms with van der Waals surface area (Å²) in [6, 6.07) is 0. The van der Waals surface area contributed by atoms with E-state index in [4.69, 9.17) is 0 Å². The van der Waals surface area contributed by atoms with Gasteiger partial charge in [-0.3, -0.25) is 0 Å². The lowest BCUT2D eigenvalue weighted by Gasteiger charge is -2.09. The van der Waals surface area contributed by atoms with Crippen molar-refractivity contribution < 1.29 is 0 Å². The second-order valence-electron chi connectivity index (χ2n) is 3.64. The highest BCUT2D eigenvalue weighted by Gasteiger charge is 1.96. The van der Waals surface area contributed by atoms with Gasteiger partial charge in [-0.25, -0.2) is 0 Å². The normalized spacial score (nSPS) is 12.1. The van der Waals surface area contributed by atoms with E-state index < -0.39 is 0 Å². The van der Waals surface area contributed by atoms with E-state index in [1.165, 1.54) is 5.57 Å². The molecule has 0 bridgehead atoms. The zero-order valence-corrected chi connectivity index (χ0v) is 10.5. The van der Waals surface area contributed by atoms with Gasteiger partial charge >= 0.3 is 0 Å². The summed E-state index contributed by atoms with van der Waals surface area (Å²) < 4.78 is 0. The molecule has 0 saturated carbocycles. The number of hydrogen-bond acceptors (Lipinski definition) is 1.